The number of hydrogen-bond acceptors (Lipinski definition) is 4. The maximum atomic E-state index is 12.0. The summed E-state index contributed by atoms with van der Waals surface area (Å²) in [5.74, 6) is 0. The van der Waals surface area contributed by atoms with Gasteiger partial charge in [-0.2, -0.15) is 0 Å². The predicted molar refractivity (Wildman–Crippen MR) is 64.7 cm³/mol. The Balaban J connectivity index is 5.07. The molecule has 0 aromatic heterocycles. The molecule has 0 aliphatic rings. The smallest absolute Gasteiger partial charge is 0.413 e. The zero-order chi connectivity index (χ0) is 13.9. The minimum atomic E-state index is -0.900. The molecule has 0 fully saturated rings. The first-order valence-corrected chi connectivity index (χ1v) is 5.58. The molecule has 100 valence electrons. The molecule has 1 amide bonds. The molecule has 0 aromatic carbocycles. The third-order valence-corrected chi connectivity index (χ3v) is 2.27. The van der Waals surface area contributed by atoms with Crippen LogP contribution in [0.3, 0.4) is 0 Å². The number of nitrogens with zero attached hydrogens (tertiary/aromatic N) is 1. The Morgan fingerprint density at radius 2 is 1.71 bits per heavy atom. The number of aldehydes is 1. The monoisotopic (exact) mass is 245 g/mol. The molecule has 0 radical (unpaired) electrons. The molecule has 0 aromatic rings. The molecule has 0 saturated carbocycles. The average molecular weight is 245 g/mol. The van der Waals surface area contributed by atoms with Crippen molar-refractivity contribution >= 4 is 12.4 Å². The molecule has 0 N–H and O–H groups in total. The van der Waals surface area contributed by atoms with E-state index in [1.807, 2.05) is 0 Å². The lowest BCUT2D eigenvalue weighted by atomic mass is 10.2. The Labute approximate surface area is 103 Å². The van der Waals surface area contributed by atoms with E-state index in [0.717, 1.165) is 0 Å². The number of hydrogen-bond donors (Lipinski definition) is 0. The van der Waals surface area contributed by atoms with Gasteiger partial charge < -0.3 is 14.3 Å². The summed E-state index contributed by atoms with van der Waals surface area (Å²) in [5, 5.41) is 0. The Kier molecular flexibility index (Phi) is 5.13. The van der Waals surface area contributed by atoms with Crippen LogP contribution in [-0.4, -0.2) is 41.8 Å². The minimum absolute atomic E-state index is 0.566. The highest BCUT2D eigenvalue weighted by atomic mass is 16.6. The summed E-state index contributed by atoms with van der Waals surface area (Å²) in [6.45, 7) is 10.4. The Morgan fingerprint density at radius 3 is 2.00 bits per heavy atom. The summed E-state index contributed by atoms with van der Waals surface area (Å²) >= 11 is 0. The second-order valence-corrected chi connectivity index (χ2v) is 5.38. The highest BCUT2D eigenvalue weighted by Crippen LogP contribution is 2.21. The molecule has 0 aliphatic heterocycles. The molecule has 0 aliphatic carbocycles. The van der Waals surface area contributed by atoms with Gasteiger partial charge in [-0.25, -0.2) is 4.79 Å². The molecule has 0 heterocycles. The van der Waals surface area contributed by atoms with Gasteiger partial charge in [-0.05, 0) is 41.5 Å². The number of methoxy groups -OCH3 is 1. The number of amides is 1. The van der Waals surface area contributed by atoms with Gasteiger partial charge in [0, 0.05) is 7.11 Å². The number of carbonyl (C=O) groups excluding carboxylic acids is 2. The van der Waals surface area contributed by atoms with E-state index in [1.165, 1.54) is 12.0 Å². The van der Waals surface area contributed by atoms with E-state index in [0.29, 0.717) is 6.29 Å². The van der Waals surface area contributed by atoms with Crippen LogP contribution in [0.1, 0.15) is 41.5 Å². The third kappa shape index (κ3) is 4.73. The van der Waals surface area contributed by atoms with Crippen molar-refractivity contribution in [1.82, 2.24) is 4.90 Å². The highest BCUT2D eigenvalue weighted by Gasteiger charge is 2.37. The second kappa shape index (κ2) is 5.49. The largest absolute Gasteiger partial charge is 0.444 e. The summed E-state index contributed by atoms with van der Waals surface area (Å²) in [6, 6.07) is -0.611. The van der Waals surface area contributed by atoms with Gasteiger partial charge in [0.25, 0.3) is 0 Å². The van der Waals surface area contributed by atoms with Crippen molar-refractivity contribution in [1.29, 1.82) is 0 Å². The number of carbonyl (C=O) groups is 2. The van der Waals surface area contributed by atoms with Crippen LogP contribution in [-0.2, 0) is 14.3 Å². The standard InChI is InChI=1S/C12H23NO4/c1-9(8-14)13(12(5,6)16-7)10(15)17-11(2,3)4/h8-9H,1-7H3/t9-/m1/s1. The number of ether oxygens (including phenoxy) is 2. The van der Waals surface area contributed by atoms with E-state index in [9.17, 15) is 9.59 Å². The van der Waals surface area contributed by atoms with Crippen molar-refractivity contribution in [3.05, 3.63) is 0 Å². The first-order valence-electron chi connectivity index (χ1n) is 5.58. The maximum absolute atomic E-state index is 12.0. The average Bonchev–Trinajstić information content (AvgIpc) is 2.14. The van der Waals surface area contributed by atoms with Gasteiger partial charge in [0.1, 0.15) is 17.6 Å². The fraction of sp³-hybridized carbons (Fsp3) is 0.833. The molecular weight excluding hydrogens is 222 g/mol. The topological polar surface area (TPSA) is 55.8 Å². The van der Waals surface area contributed by atoms with Crippen LogP contribution in [0.4, 0.5) is 4.79 Å². The van der Waals surface area contributed by atoms with Crippen molar-refractivity contribution in [2.24, 2.45) is 0 Å². The maximum Gasteiger partial charge on any atom is 0.413 e. The molecule has 0 spiro atoms. The van der Waals surface area contributed by atoms with Gasteiger partial charge in [0.15, 0.2) is 0 Å². The van der Waals surface area contributed by atoms with Gasteiger partial charge in [-0.1, -0.05) is 0 Å². The Hall–Kier alpha value is -1.10. The minimum Gasteiger partial charge on any atom is -0.444 e. The summed E-state index contributed by atoms with van der Waals surface area (Å²) in [5.41, 5.74) is -1.51. The first-order chi connectivity index (χ1) is 7.55. The van der Waals surface area contributed by atoms with Gasteiger partial charge in [0.05, 0.1) is 6.04 Å². The third-order valence-electron chi connectivity index (χ3n) is 2.27. The zero-order valence-electron chi connectivity index (χ0n) is 11.7. The lowest BCUT2D eigenvalue weighted by Crippen LogP contribution is -2.55. The molecule has 1 atom stereocenters. The van der Waals surface area contributed by atoms with Gasteiger partial charge >= 0.3 is 6.09 Å². The summed E-state index contributed by atoms with van der Waals surface area (Å²) in [4.78, 5) is 24.2. The summed E-state index contributed by atoms with van der Waals surface area (Å²) in [6.07, 6.45) is 0.119. The van der Waals surface area contributed by atoms with Crippen LogP contribution in [0.5, 0.6) is 0 Å². The van der Waals surface area contributed by atoms with E-state index < -0.39 is 23.5 Å². The van der Waals surface area contributed by atoms with E-state index in [2.05, 4.69) is 0 Å². The molecule has 0 unspecified atom stereocenters. The second-order valence-electron chi connectivity index (χ2n) is 5.38. The van der Waals surface area contributed by atoms with Crippen molar-refractivity contribution in [2.75, 3.05) is 7.11 Å². The SMILES string of the molecule is COC(C)(C)N(C(=O)OC(C)(C)C)[C@H](C)C=O. The van der Waals surface area contributed by atoms with Gasteiger partial charge in [-0.15, -0.1) is 0 Å². The normalized spacial score (nSPS) is 14.1. The summed E-state index contributed by atoms with van der Waals surface area (Å²) < 4.78 is 10.5. The van der Waals surface area contributed by atoms with E-state index >= 15 is 0 Å². The van der Waals surface area contributed by atoms with Crippen LogP contribution < -0.4 is 0 Å². The van der Waals surface area contributed by atoms with Crippen molar-refractivity contribution in [2.45, 2.75) is 58.9 Å². The highest BCUT2D eigenvalue weighted by molar-refractivity contribution is 5.74. The fourth-order valence-corrected chi connectivity index (χ4v) is 1.35. The zero-order valence-corrected chi connectivity index (χ0v) is 11.7. The molecule has 0 rings (SSSR count). The summed E-state index contributed by atoms with van der Waals surface area (Å²) in [7, 11) is 1.48. The van der Waals surface area contributed by atoms with E-state index in [-0.39, 0.29) is 0 Å². The van der Waals surface area contributed by atoms with Crippen LogP contribution in [0.15, 0.2) is 0 Å². The quantitative estimate of drug-likeness (QED) is 0.563. The lowest BCUT2D eigenvalue weighted by Gasteiger charge is -2.39. The van der Waals surface area contributed by atoms with E-state index in [4.69, 9.17) is 9.47 Å². The van der Waals surface area contributed by atoms with Crippen molar-refractivity contribution in [3.8, 4) is 0 Å². The number of rotatable bonds is 4. The van der Waals surface area contributed by atoms with Crippen LogP contribution in [0.2, 0.25) is 0 Å². The molecule has 5 heteroatoms. The van der Waals surface area contributed by atoms with Gasteiger partial charge in [0.2, 0.25) is 0 Å². The fourth-order valence-electron chi connectivity index (χ4n) is 1.35. The van der Waals surface area contributed by atoms with E-state index in [1.54, 1.807) is 41.5 Å². The molecular formula is C12H23NO4. The molecule has 0 bridgehead atoms. The van der Waals surface area contributed by atoms with Crippen LogP contribution in [0, 0.1) is 0 Å². The Bertz CT molecular complexity index is 281. The molecule has 5 nitrogen and oxygen atoms in total. The predicted octanol–water partition coefficient (Wildman–Crippen LogP) is 2.19. The molecule has 0 saturated heterocycles. The molecule has 17 heavy (non-hydrogen) atoms. The van der Waals surface area contributed by atoms with Crippen LogP contribution in [0.25, 0.3) is 0 Å². The van der Waals surface area contributed by atoms with Gasteiger partial charge in [-0.3, -0.25) is 4.90 Å². The van der Waals surface area contributed by atoms with Crippen molar-refractivity contribution < 1.29 is 19.1 Å². The lowest BCUT2D eigenvalue weighted by molar-refractivity contribution is -0.135. The van der Waals surface area contributed by atoms with Crippen molar-refractivity contribution in [3.63, 3.8) is 0 Å². The Morgan fingerprint density at radius 1 is 1.24 bits per heavy atom. The van der Waals surface area contributed by atoms with Crippen LogP contribution >= 0.6 is 0 Å². The first kappa shape index (κ1) is 15.9.